The number of rotatable bonds is 2. The Kier molecular flexibility index (Phi) is 4.69. The van der Waals surface area contributed by atoms with E-state index in [0.717, 1.165) is 22.9 Å². The van der Waals surface area contributed by atoms with E-state index in [1.807, 2.05) is 12.3 Å². The molecule has 0 saturated heterocycles. The number of aromatic nitrogens is 2. The second-order valence-corrected chi connectivity index (χ2v) is 8.88. The van der Waals surface area contributed by atoms with Gasteiger partial charge in [0.15, 0.2) is 0 Å². The first-order valence-electron chi connectivity index (χ1n) is 11.4. The Hall–Kier alpha value is -3.98. The largest absolute Gasteiger partial charge is 0.302 e. The van der Waals surface area contributed by atoms with Crippen LogP contribution in [0.15, 0.2) is 103 Å². The molecular weight excluding hydrogens is 402 g/mol. The molecule has 33 heavy (non-hydrogen) atoms. The number of allylic oxidation sites excluding steroid dienone is 2. The lowest BCUT2D eigenvalue weighted by molar-refractivity contribution is 0.684. The van der Waals surface area contributed by atoms with Crippen molar-refractivity contribution in [1.29, 1.82) is 0 Å². The summed E-state index contributed by atoms with van der Waals surface area (Å²) in [6.45, 7) is 4.26. The lowest BCUT2D eigenvalue weighted by Crippen LogP contribution is -2.35. The lowest BCUT2D eigenvalue weighted by atomic mass is 9.85. The van der Waals surface area contributed by atoms with E-state index in [1.165, 1.54) is 27.8 Å². The highest BCUT2D eigenvalue weighted by Crippen LogP contribution is 2.47. The van der Waals surface area contributed by atoms with Gasteiger partial charge in [0.1, 0.15) is 0 Å². The number of hydrogen-bond donors (Lipinski definition) is 0. The second kappa shape index (κ2) is 7.86. The molecule has 3 heteroatoms. The summed E-state index contributed by atoms with van der Waals surface area (Å²) in [6, 6.07) is 26.0. The van der Waals surface area contributed by atoms with Crippen molar-refractivity contribution in [2.45, 2.75) is 25.8 Å². The van der Waals surface area contributed by atoms with Crippen LogP contribution in [-0.4, -0.2) is 16.0 Å². The Bertz CT molecular complexity index is 1400. The zero-order valence-electron chi connectivity index (χ0n) is 18.8. The average molecular weight is 428 g/mol. The summed E-state index contributed by atoms with van der Waals surface area (Å²) in [7, 11) is 0. The molecule has 0 saturated carbocycles. The molecule has 2 aliphatic rings. The first-order chi connectivity index (χ1) is 16.2. The van der Waals surface area contributed by atoms with Crippen LogP contribution in [0.2, 0.25) is 0 Å². The van der Waals surface area contributed by atoms with E-state index in [4.69, 9.17) is 9.97 Å². The predicted molar refractivity (Wildman–Crippen MR) is 136 cm³/mol. The van der Waals surface area contributed by atoms with Crippen molar-refractivity contribution in [2.24, 2.45) is 0 Å². The first kappa shape index (κ1) is 19.7. The first-order valence-corrected chi connectivity index (χ1v) is 11.4. The number of fused-ring (bicyclic) bond motifs is 5. The van der Waals surface area contributed by atoms with Gasteiger partial charge in [0.05, 0.1) is 17.4 Å². The van der Waals surface area contributed by atoms with Crippen LogP contribution in [0.1, 0.15) is 22.6 Å². The molecule has 1 aromatic heterocycles. The smallest absolute Gasteiger partial charge is 0.231 e. The van der Waals surface area contributed by atoms with Crippen LogP contribution < -0.4 is 4.90 Å². The summed E-state index contributed by atoms with van der Waals surface area (Å²) < 4.78 is 0. The maximum atomic E-state index is 5.10. The van der Waals surface area contributed by atoms with Crippen molar-refractivity contribution < 1.29 is 0 Å². The van der Waals surface area contributed by atoms with Crippen molar-refractivity contribution >= 4 is 11.6 Å². The SMILES string of the molecule is Cc1cc(C)cc(-c2ccnc(N3c4ccccc4-c4ccccc4C4C=CC=CC43)n2)c1. The summed E-state index contributed by atoms with van der Waals surface area (Å²) in [6.07, 6.45) is 10.7. The minimum absolute atomic E-state index is 0.0919. The van der Waals surface area contributed by atoms with Crippen molar-refractivity contribution in [3.05, 3.63) is 120 Å². The fourth-order valence-corrected chi connectivity index (χ4v) is 5.22. The van der Waals surface area contributed by atoms with Crippen LogP contribution in [0.4, 0.5) is 11.6 Å². The Morgan fingerprint density at radius 1 is 0.758 bits per heavy atom. The van der Waals surface area contributed by atoms with E-state index < -0.39 is 0 Å². The molecule has 160 valence electrons. The molecule has 3 nitrogen and oxygen atoms in total. The molecular formula is C30H25N3. The van der Waals surface area contributed by atoms with Crippen LogP contribution in [0.5, 0.6) is 0 Å². The Morgan fingerprint density at radius 2 is 1.48 bits per heavy atom. The van der Waals surface area contributed by atoms with E-state index in [-0.39, 0.29) is 12.0 Å². The van der Waals surface area contributed by atoms with Gasteiger partial charge in [0, 0.05) is 23.2 Å². The van der Waals surface area contributed by atoms with Gasteiger partial charge in [-0.1, -0.05) is 84.0 Å². The highest BCUT2D eigenvalue weighted by Gasteiger charge is 2.35. The summed E-state index contributed by atoms with van der Waals surface area (Å²) in [5.41, 5.74) is 9.50. The Labute approximate surface area is 194 Å². The summed E-state index contributed by atoms with van der Waals surface area (Å²) in [5.74, 6) is 0.939. The van der Waals surface area contributed by atoms with Crippen LogP contribution in [-0.2, 0) is 0 Å². The Balaban J connectivity index is 1.57. The molecule has 0 amide bonds. The second-order valence-electron chi connectivity index (χ2n) is 8.88. The maximum absolute atomic E-state index is 5.10. The van der Waals surface area contributed by atoms with Gasteiger partial charge in [0.25, 0.3) is 0 Å². The van der Waals surface area contributed by atoms with Crippen molar-refractivity contribution in [2.75, 3.05) is 4.90 Å². The highest BCUT2D eigenvalue weighted by molar-refractivity contribution is 5.86. The van der Waals surface area contributed by atoms with E-state index in [1.54, 1.807) is 0 Å². The predicted octanol–water partition coefficient (Wildman–Crippen LogP) is 7.16. The molecule has 3 aromatic carbocycles. The van der Waals surface area contributed by atoms with Gasteiger partial charge in [0.2, 0.25) is 5.95 Å². The van der Waals surface area contributed by atoms with Crippen LogP contribution in [0.3, 0.4) is 0 Å². The summed E-state index contributed by atoms with van der Waals surface area (Å²) in [5, 5.41) is 0. The number of nitrogens with zero attached hydrogens (tertiary/aromatic N) is 3. The molecule has 2 heterocycles. The maximum Gasteiger partial charge on any atom is 0.231 e. The summed E-state index contributed by atoms with van der Waals surface area (Å²) in [4.78, 5) is 12.2. The molecule has 0 spiro atoms. The quantitative estimate of drug-likeness (QED) is 0.340. The third kappa shape index (κ3) is 3.37. The minimum atomic E-state index is 0.0919. The van der Waals surface area contributed by atoms with Gasteiger partial charge in [-0.3, -0.25) is 0 Å². The molecule has 0 bridgehead atoms. The van der Waals surface area contributed by atoms with Crippen molar-refractivity contribution in [3.63, 3.8) is 0 Å². The van der Waals surface area contributed by atoms with E-state index in [0.29, 0.717) is 0 Å². The molecule has 0 radical (unpaired) electrons. The molecule has 6 rings (SSSR count). The fraction of sp³-hybridized carbons (Fsp3) is 0.133. The fourth-order valence-electron chi connectivity index (χ4n) is 5.22. The number of aryl methyl sites for hydroxylation is 2. The normalized spacial score (nSPS) is 18.3. The highest BCUT2D eigenvalue weighted by atomic mass is 15.3. The van der Waals surface area contributed by atoms with Crippen LogP contribution in [0, 0.1) is 13.8 Å². The summed E-state index contributed by atoms with van der Waals surface area (Å²) >= 11 is 0. The monoisotopic (exact) mass is 427 g/mol. The van der Waals surface area contributed by atoms with Gasteiger partial charge in [-0.05, 0) is 49.2 Å². The third-order valence-corrected chi connectivity index (χ3v) is 6.55. The van der Waals surface area contributed by atoms with E-state index >= 15 is 0 Å². The topological polar surface area (TPSA) is 29.0 Å². The minimum Gasteiger partial charge on any atom is -0.302 e. The number of para-hydroxylation sites is 1. The molecule has 2 unspecified atom stereocenters. The average Bonchev–Trinajstić information content (AvgIpc) is 2.97. The number of anilines is 2. The molecule has 4 aromatic rings. The van der Waals surface area contributed by atoms with Crippen molar-refractivity contribution in [3.8, 4) is 22.4 Å². The third-order valence-electron chi connectivity index (χ3n) is 6.55. The van der Waals surface area contributed by atoms with Gasteiger partial charge >= 0.3 is 0 Å². The molecule has 0 N–H and O–H groups in total. The van der Waals surface area contributed by atoms with Gasteiger partial charge < -0.3 is 4.90 Å². The molecule has 1 aliphatic heterocycles. The molecule has 1 aliphatic carbocycles. The van der Waals surface area contributed by atoms with Gasteiger partial charge in [-0.15, -0.1) is 0 Å². The standard InChI is InChI=1S/C30H25N3/c1-20-17-21(2)19-22(18-20)27-15-16-31-30(32-27)33-28-13-7-5-11-25(28)23-9-3-4-10-24(23)26-12-6-8-14-29(26)33/h3-19,25,28H,1-2H3. The number of benzene rings is 3. The zero-order chi connectivity index (χ0) is 22.4. The van der Waals surface area contributed by atoms with E-state index in [9.17, 15) is 0 Å². The lowest BCUT2D eigenvalue weighted by Gasteiger charge is -2.34. The van der Waals surface area contributed by atoms with Crippen LogP contribution >= 0.6 is 0 Å². The molecule has 0 fully saturated rings. The Morgan fingerprint density at radius 3 is 2.33 bits per heavy atom. The zero-order valence-corrected chi connectivity index (χ0v) is 18.8. The molecule has 2 atom stereocenters. The van der Waals surface area contributed by atoms with Gasteiger partial charge in [-0.2, -0.15) is 0 Å². The van der Waals surface area contributed by atoms with Gasteiger partial charge in [-0.25, -0.2) is 9.97 Å². The van der Waals surface area contributed by atoms with Crippen LogP contribution in [0.25, 0.3) is 22.4 Å². The number of hydrogen-bond acceptors (Lipinski definition) is 3. The van der Waals surface area contributed by atoms with Crippen molar-refractivity contribution in [1.82, 2.24) is 9.97 Å². The van der Waals surface area contributed by atoms with E-state index in [2.05, 4.69) is 110 Å².